The van der Waals surface area contributed by atoms with E-state index in [2.05, 4.69) is 225 Å². The van der Waals surface area contributed by atoms with Crippen molar-refractivity contribution in [1.29, 1.82) is 0 Å². The van der Waals surface area contributed by atoms with Gasteiger partial charge in [0.25, 0.3) is 0 Å². The molecule has 0 radical (unpaired) electrons. The average molecular weight is 868 g/mol. The zero-order chi connectivity index (χ0) is 45.6. The molecule has 1 aromatic heterocycles. The molecule has 3 heteroatoms. The van der Waals surface area contributed by atoms with Crippen molar-refractivity contribution < 1.29 is 0 Å². The summed E-state index contributed by atoms with van der Waals surface area (Å²) in [6.45, 7) is 5.25. The number of allylic oxidation sites excluding steroid dienone is 1. The van der Waals surface area contributed by atoms with Crippen LogP contribution in [0.5, 0.6) is 0 Å². The van der Waals surface area contributed by atoms with E-state index in [1.807, 2.05) is 25.1 Å². The molecule has 0 fully saturated rings. The van der Waals surface area contributed by atoms with Gasteiger partial charge < -0.3 is 0 Å². The summed E-state index contributed by atoms with van der Waals surface area (Å²) in [6, 6.07) is 85.5. The first kappa shape index (κ1) is 40.7. The lowest BCUT2D eigenvalue weighted by Crippen LogP contribution is -2.28. The molecule has 1 heterocycles. The van der Waals surface area contributed by atoms with Gasteiger partial charge >= 0.3 is 0 Å². The van der Waals surface area contributed by atoms with Gasteiger partial charge in [0.05, 0.1) is 5.41 Å². The lowest BCUT2D eigenvalue weighted by molar-refractivity contribution is 0.769. The fourth-order valence-corrected chi connectivity index (χ4v) is 10.6. The molecule has 0 saturated heterocycles. The Morgan fingerprint density at radius 3 is 1.43 bits per heavy atom. The highest BCUT2D eigenvalue weighted by atomic mass is 15.0. The molecule has 11 aromatic carbocycles. The Labute approximate surface area is 396 Å². The van der Waals surface area contributed by atoms with Gasteiger partial charge in [0.15, 0.2) is 17.5 Å². The van der Waals surface area contributed by atoms with E-state index in [0.29, 0.717) is 17.5 Å². The molecule has 13 rings (SSSR count). The highest BCUT2D eigenvalue weighted by Gasteiger charge is 2.47. The first-order valence-corrected chi connectivity index (χ1v) is 23.2. The van der Waals surface area contributed by atoms with Crippen molar-refractivity contribution in [3.8, 4) is 67.5 Å². The molecule has 0 atom stereocenters. The summed E-state index contributed by atoms with van der Waals surface area (Å²) >= 11 is 0. The van der Waals surface area contributed by atoms with Crippen molar-refractivity contribution in [2.75, 3.05) is 0 Å². The van der Waals surface area contributed by atoms with Crippen LogP contribution in [0.15, 0.2) is 249 Å². The summed E-state index contributed by atoms with van der Waals surface area (Å²) < 4.78 is 0. The monoisotopic (exact) mass is 867 g/mol. The molecule has 3 nitrogen and oxygen atoms in total. The Kier molecular flexibility index (Phi) is 10.1. The van der Waals surface area contributed by atoms with Crippen LogP contribution in [0.25, 0.3) is 99.9 Å². The fourth-order valence-electron chi connectivity index (χ4n) is 10.6. The first-order valence-electron chi connectivity index (χ1n) is 23.2. The predicted molar refractivity (Wildman–Crippen MR) is 284 cm³/mol. The summed E-state index contributed by atoms with van der Waals surface area (Å²) in [6.07, 6.45) is 1.75. The average Bonchev–Trinajstić information content (AvgIpc) is 3.72. The van der Waals surface area contributed by atoms with Crippen LogP contribution >= 0.6 is 0 Å². The number of rotatable bonds is 7. The standard InChI is InChI=1S/C62H39N3.C3H6/c1-5-17-40(18-6-1)44-23-16-24-47(35-44)60-63-59(43-19-7-2-8-20-43)64-61(65-60)53-38-49(48-36-45-33-31-41-21-15-22-42-32-34-46(37-48)57(45)56(41)42)39-55-58(53)52-29-13-14-30-54(52)62(55,50-25-9-3-10-26-50)51-27-11-4-12-28-51;1-3-2/h1-39H;3H,1H2,2H3. The van der Waals surface area contributed by atoms with E-state index in [1.54, 1.807) is 6.08 Å². The third-order valence-electron chi connectivity index (χ3n) is 13.5. The van der Waals surface area contributed by atoms with Crippen LogP contribution in [-0.4, -0.2) is 15.0 Å². The Bertz CT molecular complexity index is 3700. The maximum atomic E-state index is 5.50. The van der Waals surface area contributed by atoms with Crippen molar-refractivity contribution in [1.82, 2.24) is 15.0 Å². The van der Waals surface area contributed by atoms with Gasteiger partial charge in [-0.2, -0.15) is 0 Å². The summed E-state index contributed by atoms with van der Waals surface area (Å²) in [4.78, 5) is 16.2. The highest BCUT2D eigenvalue weighted by molar-refractivity contribution is 6.23. The molecule has 0 unspecified atom stereocenters. The van der Waals surface area contributed by atoms with E-state index in [0.717, 1.165) is 44.5 Å². The topological polar surface area (TPSA) is 38.7 Å². The molecule has 12 aromatic rings. The van der Waals surface area contributed by atoms with E-state index >= 15 is 0 Å². The van der Waals surface area contributed by atoms with Gasteiger partial charge in [-0.05, 0) is 125 Å². The van der Waals surface area contributed by atoms with E-state index in [9.17, 15) is 0 Å². The van der Waals surface area contributed by atoms with Gasteiger partial charge in [0.1, 0.15) is 0 Å². The van der Waals surface area contributed by atoms with Crippen LogP contribution in [0.3, 0.4) is 0 Å². The molecule has 1 aliphatic rings. The van der Waals surface area contributed by atoms with Gasteiger partial charge in [-0.15, -0.1) is 6.58 Å². The fraction of sp³-hybridized carbons (Fsp3) is 0.0308. The molecule has 68 heavy (non-hydrogen) atoms. The Morgan fingerprint density at radius 2 is 0.794 bits per heavy atom. The van der Waals surface area contributed by atoms with Crippen molar-refractivity contribution in [2.24, 2.45) is 0 Å². The van der Waals surface area contributed by atoms with E-state index in [1.165, 1.54) is 60.1 Å². The second-order valence-electron chi connectivity index (χ2n) is 17.5. The van der Waals surface area contributed by atoms with E-state index in [4.69, 9.17) is 15.0 Å². The second-order valence-corrected chi connectivity index (χ2v) is 17.5. The molecular weight excluding hydrogens is 823 g/mol. The van der Waals surface area contributed by atoms with Crippen LogP contribution in [-0.2, 0) is 5.41 Å². The van der Waals surface area contributed by atoms with E-state index in [-0.39, 0.29) is 0 Å². The van der Waals surface area contributed by atoms with Crippen LogP contribution in [0.1, 0.15) is 29.2 Å². The maximum Gasteiger partial charge on any atom is 0.164 e. The third-order valence-corrected chi connectivity index (χ3v) is 13.5. The van der Waals surface area contributed by atoms with Crippen molar-refractivity contribution >= 4 is 32.3 Å². The van der Waals surface area contributed by atoms with Crippen molar-refractivity contribution in [3.05, 3.63) is 271 Å². The zero-order valence-electron chi connectivity index (χ0n) is 37.6. The lowest BCUT2D eigenvalue weighted by Gasteiger charge is -2.34. The van der Waals surface area contributed by atoms with Gasteiger partial charge in [0, 0.05) is 16.7 Å². The van der Waals surface area contributed by atoms with Crippen LogP contribution in [0.2, 0.25) is 0 Å². The second kappa shape index (κ2) is 16.9. The van der Waals surface area contributed by atoms with Crippen LogP contribution in [0, 0.1) is 0 Å². The number of aromatic nitrogens is 3. The predicted octanol–water partition coefficient (Wildman–Crippen LogP) is 16.7. The molecule has 0 spiro atoms. The number of fused-ring (bicyclic) bond motifs is 3. The lowest BCUT2D eigenvalue weighted by atomic mass is 9.67. The van der Waals surface area contributed by atoms with Crippen LogP contribution < -0.4 is 0 Å². The quantitative estimate of drug-likeness (QED) is 0.118. The molecule has 0 saturated carbocycles. The summed E-state index contributed by atoms with van der Waals surface area (Å²) in [7, 11) is 0. The van der Waals surface area contributed by atoms with Gasteiger partial charge in [-0.3, -0.25) is 0 Å². The van der Waals surface area contributed by atoms with Gasteiger partial charge in [-0.25, -0.2) is 15.0 Å². The third kappa shape index (κ3) is 6.70. The smallest absolute Gasteiger partial charge is 0.164 e. The Hall–Kier alpha value is -8.79. The Balaban J connectivity index is 0.00000156. The number of nitrogens with zero attached hydrogens (tertiary/aromatic N) is 3. The molecule has 0 bridgehead atoms. The van der Waals surface area contributed by atoms with Gasteiger partial charge in [-0.1, -0.05) is 212 Å². The number of benzene rings is 11. The molecular formula is C65H45N3. The maximum absolute atomic E-state index is 5.50. The summed E-state index contributed by atoms with van der Waals surface area (Å²) in [5, 5.41) is 7.57. The van der Waals surface area contributed by atoms with Crippen LogP contribution in [0.4, 0.5) is 0 Å². The minimum atomic E-state index is -0.641. The zero-order valence-corrected chi connectivity index (χ0v) is 37.6. The van der Waals surface area contributed by atoms with Crippen molar-refractivity contribution in [3.63, 3.8) is 0 Å². The molecule has 1 aliphatic carbocycles. The molecule has 320 valence electrons. The first-order chi connectivity index (χ1) is 33.6. The molecule has 0 amide bonds. The number of hydrogen-bond acceptors (Lipinski definition) is 3. The van der Waals surface area contributed by atoms with Crippen molar-refractivity contribution in [2.45, 2.75) is 12.3 Å². The van der Waals surface area contributed by atoms with Gasteiger partial charge in [0.2, 0.25) is 0 Å². The summed E-state index contributed by atoms with van der Waals surface area (Å²) in [5.74, 6) is 1.88. The highest BCUT2D eigenvalue weighted by Crippen LogP contribution is 2.59. The normalized spacial score (nSPS) is 12.4. The molecule has 0 N–H and O–H groups in total. The minimum Gasteiger partial charge on any atom is -0.208 e. The molecule has 0 aliphatic heterocycles. The SMILES string of the molecule is C=CC.c1ccc(-c2cccc(-c3nc(-c4ccccc4)nc(-c4cc(-c5cc6ccc7cccc8ccc(c5)c6c78)cc5c4-c4ccccc4C5(c4ccccc4)c4ccccc4)n3)c2)cc1. The summed E-state index contributed by atoms with van der Waals surface area (Å²) in [5.41, 5.74) is 13.8. The Morgan fingerprint density at radius 1 is 0.338 bits per heavy atom. The number of hydrogen-bond donors (Lipinski definition) is 0. The minimum absolute atomic E-state index is 0.623. The largest absolute Gasteiger partial charge is 0.208 e. The van der Waals surface area contributed by atoms with E-state index < -0.39 is 5.41 Å².